The Morgan fingerprint density at radius 1 is 1.12 bits per heavy atom. The molecule has 1 aliphatic rings. The number of rotatable bonds is 9. The summed E-state index contributed by atoms with van der Waals surface area (Å²) in [4.78, 5) is 28.3. The third kappa shape index (κ3) is 7.23. The molecule has 0 bridgehead atoms. The first-order chi connectivity index (χ1) is 15.9. The third-order valence-corrected chi connectivity index (χ3v) is 6.69. The maximum absolute atomic E-state index is 13.3. The fraction of sp³-hybridized carbons (Fsp3) is 0.481. The van der Waals surface area contributed by atoms with Crippen molar-refractivity contribution in [3.8, 4) is 5.75 Å². The van der Waals surface area contributed by atoms with Gasteiger partial charge in [0, 0.05) is 17.6 Å². The van der Waals surface area contributed by atoms with Gasteiger partial charge in [-0.2, -0.15) is 0 Å². The minimum absolute atomic E-state index is 0.0762. The molecule has 1 saturated carbocycles. The minimum atomic E-state index is -0.546. The average Bonchev–Trinajstić information content (AvgIpc) is 2.80. The Labute approximate surface area is 202 Å². The molecule has 0 heterocycles. The molecule has 0 saturated heterocycles. The maximum Gasteiger partial charge on any atom is 0.261 e. The summed E-state index contributed by atoms with van der Waals surface area (Å²) < 4.78 is 5.79. The summed E-state index contributed by atoms with van der Waals surface area (Å²) in [5.74, 6) is 0.294. The number of nitrogens with zero attached hydrogens (tertiary/aromatic N) is 1. The van der Waals surface area contributed by atoms with Gasteiger partial charge in [0.15, 0.2) is 6.61 Å². The molecule has 1 N–H and O–H groups in total. The van der Waals surface area contributed by atoms with Gasteiger partial charge in [-0.05, 0) is 62.4 Å². The first-order valence-corrected chi connectivity index (χ1v) is 12.3. The van der Waals surface area contributed by atoms with Gasteiger partial charge in [-0.25, -0.2) is 0 Å². The van der Waals surface area contributed by atoms with E-state index in [1.807, 2.05) is 45.0 Å². The van der Waals surface area contributed by atoms with Crippen LogP contribution >= 0.6 is 11.6 Å². The van der Waals surface area contributed by atoms with Crippen LogP contribution in [0.3, 0.4) is 0 Å². The predicted octanol–water partition coefficient (Wildman–Crippen LogP) is 5.59. The van der Waals surface area contributed by atoms with Crippen molar-refractivity contribution in [1.82, 2.24) is 10.2 Å². The number of hydrogen-bond donors (Lipinski definition) is 1. The number of hydrogen-bond acceptors (Lipinski definition) is 3. The van der Waals surface area contributed by atoms with Crippen molar-refractivity contribution in [3.05, 3.63) is 64.2 Å². The lowest BCUT2D eigenvalue weighted by molar-refractivity contribution is -0.143. The van der Waals surface area contributed by atoms with E-state index in [4.69, 9.17) is 16.3 Å². The highest BCUT2D eigenvalue weighted by Gasteiger charge is 2.30. The second-order valence-corrected chi connectivity index (χ2v) is 9.39. The van der Waals surface area contributed by atoms with Crippen molar-refractivity contribution in [3.63, 3.8) is 0 Å². The smallest absolute Gasteiger partial charge is 0.261 e. The van der Waals surface area contributed by atoms with E-state index in [0.717, 1.165) is 42.4 Å². The first-order valence-electron chi connectivity index (χ1n) is 11.9. The zero-order valence-corrected chi connectivity index (χ0v) is 20.7. The Balaban J connectivity index is 1.76. The predicted molar refractivity (Wildman–Crippen MR) is 133 cm³/mol. The molecule has 0 unspecified atom stereocenters. The summed E-state index contributed by atoms with van der Waals surface area (Å²) >= 11 is 6.10. The van der Waals surface area contributed by atoms with Crippen LogP contribution in [0.4, 0.5) is 0 Å². The fourth-order valence-electron chi connectivity index (χ4n) is 4.41. The van der Waals surface area contributed by atoms with Crippen LogP contribution in [0.15, 0.2) is 42.5 Å². The van der Waals surface area contributed by atoms with Gasteiger partial charge >= 0.3 is 0 Å². The summed E-state index contributed by atoms with van der Waals surface area (Å²) in [6, 6.07) is 13.0. The number of aryl methyl sites for hydroxylation is 2. The highest BCUT2D eigenvalue weighted by Crippen LogP contribution is 2.22. The van der Waals surface area contributed by atoms with Gasteiger partial charge < -0.3 is 15.0 Å². The van der Waals surface area contributed by atoms with Gasteiger partial charge in [-0.1, -0.05) is 67.6 Å². The van der Waals surface area contributed by atoms with E-state index in [-0.39, 0.29) is 24.5 Å². The lowest BCUT2D eigenvalue weighted by atomic mass is 9.95. The topological polar surface area (TPSA) is 58.6 Å². The summed E-state index contributed by atoms with van der Waals surface area (Å²) in [5, 5.41) is 3.85. The van der Waals surface area contributed by atoms with Crippen LogP contribution in [0.5, 0.6) is 5.75 Å². The lowest BCUT2D eigenvalue weighted by Gasteiger charge is -2.32. The Morgan fingerprint density at radius 2 is 1.88 bits per heavy atom. The molecule has 0 aromatic heterocycles. The standard InChI is InChI=1S/C27H35ClN2O3/c1-4-25(27(32)29-22-11-6-5-7-12-22)30(17-21-10-8-9-19(2)15-21)26(31)18-33-23-13-14-24(28)20(3)16-23/h8-10,13-16,22,25H,4-7,11-12,17-18H2,1-3H3,(H,29,32)/t25-/m0/s1. The van der Waals surface area contributed by atoms with Crippen LogP contribution in [0.25, 0.3) is 0 Å². The average molecular weight is 471 g/mol. The number of halogens is 1. The van der Waals surface area contributed by atoms with E-state index in [0.29, 0.717) is 23.7 Å². The quantitative estimate of drug-likeness (QED) is 0.519. The molecule has 2 aromatic carbocycles. The summed E-state index contributed by atoms with van der Waals surface area (Å²) in [5.41, 5.74) is 3.00. The van der Waals surface area contributed by atoms with Crippen LogP contribution in [-0.4, -0.2) is 35.4 Å². The fourth-order valence-corrected chi connectivity index (χ4v) is 4.52. The van der Waals surface area contributed by atoms with Crippen molar-refractivity contribution < 1.29 is 14.3 Å². The van der Waals surface area contributed by atoms with Crippen molar-refractivity contribution in [2.24, 2.45) is 0 Å². The molecule has 0 radical (unpaired) electrons. The van der Waals surface area contributed by atoms with Crippen molar-refractivity contribution in [2.45, 2.75) is 77.9 Å². The van der Waals surface area contributed by atoms with E-state index in [2.05, 4.69) is 11.4 Å². The lowest BCUT2D eigenvalue weighted by Crippen LogP contribution is -2.52. The van der Waals surface area contributed by atoms with E-state index < -0.39 is 6.04 Å². The van der Waals surface area contributed by atoms with Crippen LogP contribution < -0.4 is 10.1 Å². The highest BCUT2D eigenvalue weighted by molar-refractivity contribution is 6.31. The SMILES string of the molecule is CC[C@@H](C(=O)NC1CCCCC1)N(Cc1cccc(C)c1)C(=O)COc1ccc(Cl)c(C)c1. The first kappa shape index (κ1) is 25.1. The van der Waals surface area contributed by atoms with E-state index in [9.17, 15) is 9.59 Å². The largest absolute Gasteiger partial charge is 0.484 e. The summed E-state index contributed by atoms with van der Waals surface area (Å²) in [7, 11) is 0. The molecule has 2 aromatic rings. The Morgan fingerprint density at radius 3 is 2.55 bits per heavy atom. The zero-order valence-electron chi connectivity index (χ0n) is 19.9. The Hall–Kier alpha value is -2.53. The van der Waals surface area contributed by atoms with Gasteiger partial charge in [0.1, 0.15) is 11.8 Å². The minimum Gasteiger partial charge on any atom is -0.484 e. The number of carbonyl (C=O) groups is 2. The molecule has 0 spiro atoms. The second-order valence-electron chi connectivity index (χ2n) is 8.98. The molecule has 6 heteroatoms. The Bertz CT molecular complexity index is 956. The van der Waals surface area contributed by atoms with Crippen molar-refractivity contribution in [1.29, 1.82) is 0 Å². The van der Waals surface area contributed by atoms with E-state index in [1.165, 1.54) is 6.42 Å². The van der Waals surface area contributed by atoms with Crippen LogP contribution in [0, 0.1) is 13.8 Å². The molecule has 2 amide bonds. The normalized spacial score (nSPS) is 15.0. The number of nitrogens with one attached hydrogen (secondary N) is 1. The van der Waals surface area contributed by atoms with Crippen LogP contribution in [-0.2, 0) is 16.1 Å². The molecule has 1 atom stereocenters. The monoisotopic (exact) mass is 470 g/mol. The van der Waals surface area contributed by atoms with Crippen molar-refractivity contribution >= 4 is 23.4 Å². The van der Waals surface area contributed by atoms with Crippen LogP contribution in [0.2, 0.25) is 5.02 Å². The molecule has 1 fully saturated rings. The van der Waals surface area contributed by atoms with Gasteiger partial charge in [0.25, 0.3) is 5.91 Å². The van der Waals surface area contributed by atoms with Gasteiger partial charge in [0.05, 0.1) is 0 Å². The summed E-state index contributed by atoms with van der Waals surface area (Å²) in [6.07, 6.45) is 6.06. The second kappa shape index (κ2) is 12.1. The third-order valence-electron chi connectivity index (χ3n) is 6.26. The molecule has 1 aliphatic carbocycles. The van der Waals surface area contributed by atoms with Crippen molar-refractivity contribution in [2.75, 3.05) is 6.61 Å². The molecule has 0 aliphatic heterocycles. The van der Waals surface area contributed by atoms with E-state index in [1.54, 1.807) is 17.0 Å². The molecule has 178 valence electrons. The zero-order chi connectivity index (χ0) is 23.8. The highest BCUT2D eigenvalue weighted by atomic mass is 35.5. The number of amides is 2. The molecular weight excluding hydrogens is 436 g/mol. The number of ether oxygens (including phenoxy) is 1. The molecule has 3 rings (SSSR count). The Kier molecular flexibility index (Phi) is 9.19. The molecule has 5 nitrogen and oxygen atoms in total. The van der Waals surface area contributed by atoms with Gasteiger partial charge in [-0.15, -0.1) is 0 Å². The molecular formula is C27H35ClN2O3. The van der Waals surface area contributed by atoms with Gasteiger partial charge in [0.2, 0.25) is 5.91 Å². The molecule has 33 heavy (non-hydrogen) atoms. The number of carbonyl (C=O) groups excluding carboxylic acids is 2. The van der Waals surface area contributed by atoms with E-state index >= 15 is 0 Å². The number of benzene rings is 2. The van der Waals surface area contributed by atoms with Crippen LogP contribution in [0.1, 0.15) is 62.1 Å². The summed E-state index contributed by atoms with van der Waals surface area (Å²) in [6.45, 7) is 6.09. The van der Waals surface area contributed by atoms with Gasteiger partial charge in [-0.3, -0.25) is 9.59 Å². The maximum atomic E-state index is 13.3.